The number of thioether (sulfide) groups is 1. The topological polar surface area (TPSA) is 37.4 Å². The van der Waals surface area contributed by atoms with Gasteiger partial charge in [-0.1, -0.05) is 41.9 Å². The molecule has 2 aromatic carbocycles. The first kappa shape index (κ1) is 16.7. The minimum Gasteiger partial charge on any atom is -0.268 e. The summed E-state index contributed by atoms with van der Waals surface area (Å²) in [7, 11) is 0. The Morgan fingerprint density at radius 3 is 2.67 bits per heavy atom. The number of carbonyl (C=O) groups is 2. The van der Waals surface area contributed by atoms with E-state index < -0.39 is 5.82 Å². The molecule has 3 rings (SSSR count). The van der Waals surface area contributed by atoms with Crippen LogP contribution in [-0.2, 0) is 11.3 Å². The predicted octanol–water partition coefficient (Wildman–Crippen LogP) is 5.02. The minimum absolute atomic E-state index is 0.0227. The molecule has 2 aromatic rings. The van der Waals surface area contributed by atoms with E-state index in [9.17, 15) is 14.0 Å². The zero-order valence-corrected chi connectivity index (χ0v) is 14.3. The summed E-state index contributed by atoms with van der Waals surface area (Å²) in [5.74, 6) is -0.828. The van der Waals surface area contributed by atoms with Crippen LogP contribution in [-0.4, -0.2) is 16.0 Å². The van der Waals surface area contributed by atoms with Crippen molar-refractivity contribution >= 4 is 40.6 Å². The molecular formula is C18H13ClFNO2S. The van der Waals surface area contributed by atoms with Crippen LogP contribution in [0.3, 0.4) is 0 Å². The maximum Gasteiger partial charge on any atom is 0.293 e. The Balaban J connectivity index is 1.85. The lowest BCUT2D eigenvalue weighted by Gasteiger charge is -2.13. The largest absolute Gasteiger partial charge is 0.293 e. The molecule has 2 amide bonds. The summed E-state index contributed by atoms with van der Waals surface area (Å²) in [5, 5.41) is -0.169. The van der Waals surface area contributed by atoms with E-state index in [0.717, 1.165) is 27.8 Å². The van der Waals surface area contributed by atoms with Crippen molar-refractivity contribution in [2.45, 2.75) is 13.5 Å². The molecule has 1 saturated heterocycles. The van der Waals surface area contributed by atoms with Crippen LogP contribution in [0.5, 0.6) is 0 Å². The first-order valence-corrected chi connectivity index (χ1v) is 8.40. The van der Waals surface area contributed by atoms with Crippen molar-refractivity contribution in [1.82, 2.24) is 4.90 Å². The molecule has 0 unspecified atom stereocenters. The lowest BCUT2D eigenvalue weighted by Crippen LogP contribution is -2.27. The average Bonchev–Trinajstić information content (AvgIpc) is 2.79. The van der Waals surface area contributed by atoms with Gasteiger partial charge in [-0.15, -0.1) is 0 Å². The number of imide groups is 1. The fraction of sp³-hybridized carbons (Fsp3) is 0.111. The second kappa shape index (κ2) is 6.79. The minimum atomic E-state index is -0.461. The molecule has 3 nitrogen and oxygen atoms in total. The van der Waals surface area contributed by atoms with E-state index in [2.05, 4.69) is 0 Å². The predicted molar refractivity (Wildman–Crippen MR) is 94.1 cm³/mol. The number of hydrogen-bond donors (Lipinski definition) is 0. The molecule has 0 bridgehead atoms. The first-order chi connectivity index (χ1) is 11.5. The van der Waals surface area contributed by atoms with Gasteiger partial charge in [-0.3, -0.25) is 14.5 Å². The van der Waals surface area contributed by atoms with Gasteiger partial charge in [0.1, 0.15) is 5.82 Å². The molecule has 24 heavy (non-hydrogen) atoms. The maximum absolute atomic E-state index is 13.1. The Kier molecular flexibility index (Phi) is 4.73. The molecule has 0 aromatic heterocycles. The van der Waals surface area contributed by atoms with Crippen molar-refractivity contribution in [1.29, 1.82) is 0 Å². The van der Waals surface area contributed by atoms with Crippen LogP contribution in [0.1, 0.15) is 16.7 Å². The highest BCUT2D eigenvalue weighted by Crippen LogP contribution is 2.34. The average molecular weight is 362 g/mol. The van der Waals surface area contributed by atoms with Crippen LogP contribution in [0.25, 0.3) is 6.08 Å². The monoisotopic (exact) mass is 361 g/mol. The molecule has 1 aliphatic rings. The smallest absolute Gasteiger partial charge is 0.268 e. The number of amides is 2. The lowest BCUT2D eigenvalue weighted by atomic mass is 10.1. The molecule has 1 fully saturated rings. The maximum atomic E-state index is 13.1. The van der Waals surface area contributed by atoms with Crippen molar-refractivity contribution < 1.29 is 14.0 Å². The van der Waals surface area contributed by atoms with E-state index in [1.54, 1.807) is 6.08 Å². The van der Waals surface area contributed by atoms with E-state index in [1.165, 1.54) is 18.2 Å². The van der Waals surface area contributed by atoms with Crippen LogP contribution in [0, 0.1) is 12.7 Å². The molecular weight excluding hydrogens is 349 g/mol. The van der Waals surface area contributed by atoms with Crippen LogP contribution >= 0.6 is 23.4 Å². The SMILES string of the molecule is Cc1ccccc1/C=C1/SC(=O)N(Cc2ccc(F)cc2Cl)C1=O. The fourth-order valence-corrected chi connectivity index (χ4v) is 3.40. The van der Waals surface area contributed by atoms with Crippen LogP contribution in [0.2, 0.25) is 5.02 Å². The van der Waals surface area contributed by atoms with E-state index in [4.69, 9.17) is 11.6 Å². The fourth-order valence-electron chi connectivity index (χ4n) is 2.35. The van der Waals surface area contributed by atoms with Gasteiger partial charge in [0.25, 0.3) is 11.1 Å². The summed E-state index contributed by atoms with van der Waals surface area (Å²) in [5.41, 5.74) is 2.44. The van der Waals surface area contributed by atoms with E-state index in [-0.39, 0.29) is 22.7 Å². The van der Waals surface area contributed by atoms with Crippen molar-refractivity contribution in [2.24, 2.45) is 0 Å². The van der Waals surface area contributed by atoms with Gasteiger partial charge in [-0.25, -0.2) is 4.39 Å². The van der Waals surface area contributed by atoms with Crippen molar-refractivity contribution in [3.63, 3.8) is 0 Å². The third-order valence-electron chi connectivity index (χ3n) is 3.69. The van der Waals surface area contributed by atoms with Gasteiger partial charge in [-0.2, -0.15) is 0 Å². The zero-order valence-electron chi connectivity index (χ0n) is 12.8. The standard InChI is InChI=1S/C18H13ClFNO2S/c1-11-4-2-3-5-12(11)8-16-17(22)21(18(23)24-16)10-13-6-7-14(20)9-15(13)19/h2-9H,10H2,1H3/b16-8+. The van der Waals surface area contributed by atoms with Gasteiger partial charge in [0.2, 0.25) is 0 Å². The summed E-state index contributed by atoms with van der Waals surface area (Å²) in [6, 6.07) is 11.5. The van der Waals surface area contributed by atoms with Gasteiger partial charge in [0.15, 0.2) is 0 Å². The van der Waals surface area contributed by atoms with Gasteiger partial charge in [0.05, 0.1) is 11.4 Å². The number of halogens is 2. The number of rotatable bonds is 3. The highest BCUT2D eigenvalue weighted by atomic mass is 35.5. The normalized spacial score (nSPS) is 16.3. The van der Waals surface area contributed by atoms with Gasteiger partial charge in [-0.05, 0) is 53.6 Å². The molecule has 6 heteroatoms. The number of carbonyl (C=O) groups excluding carboxylic acids is 2. The number of hydrogen-bond acceptors (Lipinski definition) is 3. The number of nitrogens with zero attached hydrogens (tertiary/aromatic N) is 1. The molecule has 0 aliphatic carbocycles. The van der Waals surface area contributed by atoms with Gasteiger partial charge >= 0.3 is 0 Å². The van der Waals surface area contributed by atoms with Crippen LogP contribution < -0.4 is 0 Å². The molecule has 0 radical (unpaired) electrons. The van der Waals surface area contributed by atoms with E-state index in [1.807, 2.05) is 31.2 Å². The van der Waals surface area contributed by atoms with E-state index >= 15 is 0 Å². The Hall–Kier alpha value is -2.11. The summed E-state index contributed by atoms with van der Waals surface area (Å²) < 4.78 is 13.1. The lowest BCUT2D eigenvalue weighted by molar-refractivity contribution is -0.123. The van der Waals surface area contributed by atoms with Gasteiger partial charge in [0, 0.05) is 5.02 Å². The van der Waals surface area contributed by atoms with Crippen LogP contribution in [0.4, 0.5) is 9.18 Å². The highest BCUT2D eigenvalue weighted by Gasteiger charge is 2.35. The summed E-state index contributed by atoms with van der Waals surface area (Å²) >= 11 is 6.87. The first-order valence-electron chi connectivity index (χ1n) is 7.20. The summed E-state index contributed by atoms with van der Waals surface area (Å²) in [6.45, 7) is 1.96. The second-order valence-corrected chi connectivity index (χ2v) is 6.76. The Morgan fingerprint density at radius 2 is 1.96 bits per heavy atom. The van der Waals surface area contributed by atoms with E-state index in [0.29, 0.717) is 10.5 Å². The molecule has 122 valence electrons. The van der Waals surface area contributed by atoms with Crippen molar-refractivity contribution in [2.75, 3.05) is 0 Å². The molecule has 0 saturated carbocycles. The number of benzene rings is 2. The third kappa shape index (κ3) is 3.37. The summed E-state index contributed by atoms with van der Waals surface area (Å²) in [4.78, 5) is 26.2. The van der Waals surface area contributed by atoms with Crippen LogP contribution in [0.15, 0.2) is 47.4 Å². The molecule has 0 N–H and O–H groups in total. The zero-order chi connectivity index (χ0) is 17.3. The second-order valence-electron chi connectivity index (χ2n) is 5.36. The molecule has 0 spiro atoms. The van der Waals surface area contributed by atoms with Gasteiger partial charge < -0.3 is 0 Å². The Labute approximate surface area is 148 Å². The Bertz CT molecular complexity index is 866. The molecule has 0 atom stereocenters. The van der Waals surface area contributed by atoms with Crippen molar-refractivity contribution in [3.05, 3.63) is 74.9 Å². The third-order valence-corrected chi connectivity index (χ3v) is 4.95. The van der Waals surface area contributed by atoms with Crippen molar-refractivity contribution in [3.8, 4) is 0 Å². The quantitative estimate of drug-likeness (QED) is 0.720. The number of aryl methyl sites for hydroxylation is 1. The summed E-state index contributed by atoms with van der Waals surface area (Å²) in [6.07, 6.45) is 1.71. The molecule has 1 heterocycles. The molecule has 1 aliphatic heterocycles. The highest BCUT2D eigenvalue weighted by molar-refractivity contribution is 8.18. The Morgan fingerprint density at radius 1 is 1.21 bits per heavy atom.